The molecule has 0 bridgehead atoms. The Morgan fingerprint density at radius 1 is 1.05 bits per heavy atom. The van der Waals surface area contributed by atoms with E-state index in [4.69, 9.17) is 4.52 Å². The van der Waals surface area contributed by atoms with Gasteiger partial charge >= 0.3 is 62.8 Å². The molecule has 9 nitrogen and oxygen atoms in total. The average Bonchev–Trinajstić information content (AvgIpc) is 3.54. The number of nitrogens with one attached hydrogen (secondary N) is 1. The molecule has 1 fully saturated rings. The number of aromatic nitrogens is 4. The number of aromatic amines is 1. The van der Waals surface area contributed by atoms with Crippen LogP contribution < -0.4 is 17.0 Å². The molecule has 1 saturated carbocycles. The minimum atomic E-state index is -0.857. The van der Waals surface area contributed by atoms with Gasteiger partial charge in [-0.3, -0.25) is 23.4 Å². The van der Waals surface area contributed by atoms with Crippen molar-refractivity contribution in [3.05, 3.63) is 96.4 Å². The van der Waals surface area contributed by atoms with Crippen molar-refractivity contribution in [1.82, 2.24) is 19.3 Å². The zero-order valence-corrected chi connectivity index (χ0v) is 23.3. The molecule has 0 aliphatic heterocycles. The van der Waals surface area contributed by atoms with Crippen molar-refractivity contribution in [2.75, 3.05) is 0 Å². The van der Waals surface area contributed by atoms with E-state index in [2.05, 4.69) is 10.1 Å². The maximum absolute atomic E-state index is 13.7. The van der Waals surface area contributed by atoms with E-state index in [0.29, 0.717) is 22.0 Å². The molecule has 0 saturated heterocycles. The second kappa shape index (κ2) is 11.7. The van der Waals surface area contributed by atoms with Crippen molar-refractivity contribution in [1.29, 1.82) is 0 Å². The Kier molecular flexibility index (Phi) is 8.60. The quantitative estimate of drug-likeness (QED) is 0.274. The summed E-state index contributed by atoms with van der Waals surface area (Å²) in [6.07, 6.45) is 1.34. The number of hydrogen-bond donors (Lipinski definition) is 2. The van der Waals surface area contributed by atoms with Crippen LogP contribution >= 0.6 is 11.3 Å². The number of benzene rings is 2. The van der Waals surface area contributed by atoms with Gasteiger partial charge in [0.1, 0.15) is 4.83 Å². The van der Waals surface area contributed by atoms with E-state index in [1.807, 2.05) is 75.4 Å². The van der Waals surface area contributed by atoms with Crippen LogP contribution in [-0.2, 0) is 13.1 Å². The summed E-state index contributed by atoms with van der Waals surface area (Å²) in [6.45, 7) is 5.87. The Hall–Kier alpha value is -2.38. The fourth-order valence-corrected chi connectivity index (χ4v) is 6.11. The van der Waals surface area contributed by atoms with Crippen molar-refractivity contribution in [3.8, 4) is 22.5 Å². The Bertz CT molecular complexity index is 1890. The fourth-order valence-electron chi connectivity index (χ4n) is 4.79. The second-order valence-electron chi connectivity index (χ2n) is 11.5. The number of H-pyrrole nitrogens is 1. The van der Waals surface area contributed by atoms with Gasteiger partial charge in [-0.05, 0) is 46.9 Å². The van der Waals surface area contributed by atoms with E-state index in [1.165, 1.54) is 15.9 Å². The van der Waals surface area contributed by atoms with Crippen molar-refractivity contribution in [2.24, 2.45) is 5.41 Å². The van der Waals surface area contributed by atoms with Crippen LogP contribution in [0.4, 0.5) is 0 Å². The van der Waals surface area contributed by atoms with Gasteiger partial charge < -0.3 is 5.11 Å². The summed E-state index contributed by atoms with van der Waals surface area (Å²) in [6, 6.07) is 17.3. The summed E-state index contributed by atoms with van der Waals surface area (Å²) >= 11 is 1.52. The van der Waals surface area contributed by atoms with Gasteiger partial charge in [-0.25, -0.2) is 9.59 Å². The molecule has 11 heteroatoms. The number of hydrogen-bond acceptors (Lipinski definition) is 7. The number of thiophene rings is 1. The molecule has 0 amide bonds. The topological polar surface area (TPSA) is 123 Å². The van der Waals surface area contributed by atoms with E-state index < -0.39 is 23.0 Å². The molecular formula is C30H31KN4O5S. The fraction of sp³-hybridized carbons (Fsp3) is 0.333. The van der Waals surface area contributed by atoms with Gasteiger partial charge in [-0.2, -0.15) is 0 Å². The predicted molar refractivity (Wildman–Crippen MR) is 162 cm³/mol. The number of rotatable bonds is 7. The molecule has 1 aliphatic rings. The molecule has 3 aromatic heterocycles. The van der Waals surface area contributed by atoms with Crippen LogP contribution in [0.2, 0.25) is 0 Å². The number of aliphatic hydroxyl groups excluding tert-OH is 1. The molecule has 1 aliphatic carbocycles. The number of nitrogens with zero attached hydrogens (tertiary/aromatic N) is 3. The van der Waals surface area contributed by atoms with Gasteiger partial charge in [0.05, 0.1) is 24.6 Å². The van der Waals surface area contributed by atoms with E-state index in [0.717, 1.165) is 40.0 Å². The Morgan fingerprint density at radius 2 is 1.73 bits per heavy atom. The molecule has 0 radical (unpaired) electrons. The van der Waals surface area contributed by atoms with Crippen LogP contribution in [0.1, 0.15) is 50.0 Å². The summed E-state index contributed by atoms with van der Waals surface area (Å²) in [5, 5.41) is 15.1. The predicted octanol–water partition coefficient (Wildman–Crippen LogP) is 3.92. The summed E-state index contributed by atoms with van der Waals surface area (Å²) in [5.74, 6) is 0.183. The normalized spacial score (nSPS) is 14.2. The molecular weight excluding hydrogens is 568 g/mol. The van der Waals surface area contributed by atoms with E-state index >= 15 is 0 Å². The zero-order valence-electron chi connectivity index (χ0n) is 22.5. The Morgan fingerprint density at radius 3 is 2.34 bits per heavy atom. The number of fused-ring (bicyclic) bond motifs is 1. The van der Waals surface area contributed by atoms with Gasteiger partial charge in [0, 0.05) is 10.4 Å². The molecule has 208 valence electrons. The Balaban J connectivity index is 0.00000337. The summed E-state index contributed by atoms with van der Waals surface area (Å²) in [4.78, 5) is 43.1. The number of aliphatic hydroxyl groups is 1. The summed E-state index contributed by atoms with van der Waals surface area (Å²) < 4.78 is 7.53. The van der Waals surface area contributed by atoms with Crippen LogP contribution in [0, 0.1) is 5.41 Å². The molecule has 5 aromatic rings. The molecule has 41 heavy (non-hydrogen) atoms. The summed E-state index contributed by atoms with van der Waals surface area (Å²) in [7, 11) is 0. The van der Waals surface area contributed by atoms with Crippen molar-refractivity contribution < 1.29 is 9.63 Å². The van der Waals surface area contributed by atoms with Crippen LogP contribution in [0.15, 0.2) is 73.5 Å². The molecule has 2 aromatic carbocycles. The van der Waals surface area contributed by atoms with Gasteiger partial charge in [0.2, 0.25) is 0 Å². The zero-order chi connectivity index (χ0) is 28.2. The standard InChI is InChI=1S/C30H30N4O5S.K.H/c1-30(2,3)24(35)16-33-26(36)22-14-23(19-12-13-19)40-27(22)34(29(33)38)15-17-8-10-18(11-9-17)20-6-4-5-7-21(20)25-31-28(37)39-32-25;;/h4-11,14,19,24,35H,12-13,15-16H2,1-3H3,(H,31,32,37);;. The molecule has 2 N–H and O–H groups in total. The molecule has 0 spiro atoms. The van der Waals surface area contributed by atoms with Crippen molar-refractivity contribution >= 4 is 72.9 Å². The first kappa shape index (κ1) is 30.1. The average molecular weight is 599 g/mol. The van der Waals surface area contributed by atoms with Gasteiger partial charge in [-0.1, -0.05) is 74.5 Å². The van der Waals surface area contributed by atoms with E-state index in [9.17, 15) is 19.5 Å². The van der Waals surface area contributed by atoms with Gasteiger partial charge in [0.15, 0.2) is 5.82 Å². The molecule has 1 atom stereocenters. The van der Waals surface area contributed by atoms with E-state index in [-0.39, 0.29) is 70.0 Å². The minimum absolute atomic E-state index is 0. The molecule has 1 unspecified atom stereocenters. The van der Waals surface area contributed by atoms with Crippen LogP contribution in [-0.4, -0.2) is 81.9 Å². The van der Waals surface area contributed by atoms with Crippen molar-refractivity contribution in [2.45, 2.75) is 58.7 Å². The Labute approximate surface area is 282 Å². The van der Waals surface area contributed by atoms with Gasteiger partial charge in [0.25, 0.3) is 5.56 Å². The van der Waals surface area contributed by atoms with Crippen LogP contribution in [0.3, 0.4) is 0 Å². The first-order valence-corrected chi connectivity index (χ1v) is 14.1. The SMILES string of the molecule is CC(C)(C)C(O)Cn1c(=O)c2cc(C3CC3)sc2n(Cc2ccc(-c3ccccc3-c3noc(=O)[nH]3)cc2)c1=O.[KH]. The maximum atomic E-state index is 13.7. The molecule has 3 heterocycles. The third-order valence-electron chi connectivity index (χ3n) is 7.48. The van der Waals surface area contributed by atoms with E-state index in [1.54, 1.807) is 4.57 Å². The monoisotopic (exact) mass is 598 g/mol. The summed E-state index contributed by atoms with van der Waals surface area (Å²) in [5.41, 5.74) is 2.15. The third-order valence-corrected chi connectivity index (χ3v) is 8.80. The first-order chi connectivity index (χ1) is 19.1. The third kappa shape index (κ3) is 6.08. The first-order valence-electron chi connectivity index (χ1n) is 13.3. The van der Waals surface area contributed by atoms with Gasteiger partial charge in [-0.15, -0.1) is 11.3 Å². The van der Waals surface area contributed by atoms with Crippen LogP contribution in [0.25, 0.3) is 32.7 Å². The molecule has 6 rings (SSSR count). The second-order valence-corrected chi connectivity index (χ2v) is 12.6. The van der Waals surface area contributed by atoms with Crippen molar-refractivity contribution in [3.63, 3.8) is 0 Å². The van der Waals surface area contributed by atoms with Crippen LogP contribution in [0.5, 0.6) is 0 Å².